The number of hydrogen-bond donors (Lipinski definition) is 1. The van der Waals surface area contributed by atoms with E-state index >= 15 is 0 Å². The number of ether oxygens (including phenoxy) is 1. The van der Waals surface area contributed by atoms with Crippen LogP contribution in [0.15, 0.2) is 24.3 Å². The number of benzene rings is 1. The summed E-state index contributed by atoms with van der Waals surface area (Å²) in [6.45, 7) is 0.416. The van der Waals surface area contributed by atoms with Gasteiger partial charge in [0.25, 0.3) is 0 Å². The lowest BCUT2D eigenvalue weighted by molar-refractivity contribution is -0.140. The van der Waals surface area contributed by atoms with Crippen LogP contribution in [0.25, 0.3) is 6.08 Å². The largest absolute Gasteiger partial charge is 0.469 e. The van der Waals surface area contributed by atoms with Crippen LogP contribution in [0, 0.1) is 0 Å². The maximum absolute atomic E-state index is 11.5. The number of rotatable bonds is 6. The van der Waals surface area contributed by atoms with E-state index in [0.29, 0.717) is 23.0 Å². The highest BCUT2D eigenvalue weighted by Gasteiger charge is 2.01. The van der Waals surface area contributed by atoms with Crippen molar-refractivity contribution >= 4 is 41.2 Å². The lowest BCUT2D eigenvalue weighted by Gasteiger charge is -2.01. The first kappa shape index (κ1) is 16.5. The maximum atomic E-state index is 11.5. The van der Waals surface area contributed by atoms with Crippen LogP contribution in [0.3, 0.4) is 0 Å². The standard InChI is InChI=1S/C14H15Cl2NO3/c1-20-14(19)3-2-8-17-13(18)7-5-10-4-6-11(15)12(16)9-10/h4-7,9H,2-3,8H2,1H3,(H,17,18)/b7-5+. The number of halogens is 2. The summed E-state index contributed by atoms with van der Waals surface area (Å²) < 4.78 is 4.49. The van der Waals surface area contributed by atoms with E-state index < -0.39 is 0 Å². The van der Waals surface area contributed by atoms with Crippen molar-refractivity contribution in [3.05, 3.63) is 39.9 Å². The van der Waals surface area contributed by atoms with Gasteiger partial charge in [-0.3, -0.25) is 9.59 Å². The van der Waals surface area contributed by atoms with Gasteiger partial charge in [-0.2, -0.15) is 0 Å². The SMILES string of the molecule is COC(=O)CCCNC(=O)/C=C/c1ccc(Cl)c(Cl)c1. The molecule has 0 radical (unpaired) electrons. The van der Waals surface area contributed by atoms with Crippen LogP contribution in [0.1, 0.15) is 18.4 Å². The van der Waals surface area contributed by atoms with E-state index in [9.17, 15) is 9.59 Å². The third kappa shape index (κ3) is 6.08. The van der Waals surface area contributed by atoms with Crippen molar-refractivity contribution in [2.45, 2.75) is 12.8 Å². The van der Waals surface area contributed by atoms with Gasteiger partial charge in [0.1, 0.15) is 0 Å². The van der Waals surface area contributed by atoms with Crippen LogP contribution in [-0.4, -0.2) is 25.5 Å². The first-order chi connectivity index (χ1) is 9.52. The summed E-state index contributed by atoms with van der Waals surface area (Å²) in [5, 5.41) is 3.57. The summed E-state index contributed by atoms with van der Waals surface area (Å²) in [6.07, 6.45) is 3.86. The summed E-state index contributed by atoms with van der Waals surface area (Å²) in [7, 11) is 1.33. The summed E-state index contributed by atoms with van der Waals surface area (Å²) in [6, 6.07) is 5.10. The second-order valence-electron chi connectivity index (χ2n) is 3.98. The van der Waals surface area contributed by atoms with Crippen molar-refractivity contribution < 1.29 is 14.3 Å². The maximum Gasteiger partial charge on any atom is 0.305 e. The van der Waals surface area contributed by atoms with Crippen LogP contribution in [0.5, 0.6) is 0 Å². The van der Waals surface area contributed by atoms with E-state index in [1.54, 1.807) is 24.3 Å². The number of hydrogen-bond acceptors (Lipinski definition) is 3. The molecule has 0 saturated heterocycles. The molecule has 0 aliphatic rings. The monoisotopic (exact) mass is 315 g/mol. The smallest absolute Gasteiger partial charge is 0.305 e. The molecule has 1 N–H and O–H groups in total. The minimum Gasteiger partial charge on any atom is -0.469 e. The lowest BCUT2D eigenvalue weighted by atomic mass is 10.2. The quantitative estimate of drug-likeness (QED) is 0.498. The Labute approximate surface area is 127 Å². The highest BCUT2D eigenvalue weighted by Crippen LogP contribution is 2.22. The molecule has 0 saturated carbocycles. The predicted molar refractivity (Wildman–Crippen MR) is 79.8 cm³/mol. The second kappa shape index (κ2) is 8.61. The molecule has 0 fully saturated rings. The van der Waals surface area contributed by atoms with Gasteiger partial charge in [0, 0.05) is 19.0 Å². The zero-order chi connectivity index (χ0) is 15.0. The predicted octanol–water partition coefficient (Wildman–Crippen LogP) is 3.08. The lowest BCUT2D eigenvalue weighted by Crippen LogP contribution is -2.22. The molecule has 6 heteroatoms. The normalized spacial score (nSPS) is 10.6. The summed E-state index contributed by atoms with van der Waals surface area (Å²) >= 11 is 11.7. The highest BCUT2D eigenvalue weighted by atomic mass is 35.5. The molecular weight excluding hydrogens is 301 g/mol. The van der Waals surface area contributed by atoms with Gasteiger partial charge in [0.15, 0.2) is 0 Å². The summed E-state index contributed by atoms with van der Waals surface area (Å²) in [5.74, 6) is -0.522. The molecule has 108 valence electrons. The molecule has 1 amide bonds. The average Bonchev–Trinajstić information content (AvgIpc) is 2.44. The molecule has 0 atom stereocenters. The summed E-state index contributed by atoms with van der Waals surface area (Å²) in [4.78, 5) is 22.4. The molecule has 1 aromatic carbocycles. The molecule has 4 nitrogen and oxygen atoms in total. The van der Waals surface area contributed by atoms with Crippen LogP contribution in [-0.2, 0) is 14.3 Å². The van der Waals surface area contributed by atoms with Crippen molar-refractivity contribution in [2.24, 2.45) is 0 Å². The van der Waals surface area contributed by atoms with Gasteiger partial charge in [-0.25, -0.2) is 0 Å². The molecule has 0 aliphatic carbocycles. The topological polar surface area (TPSA) is 55.4 Å². The van der Waals surface area contributed by atoms with Crippen LogP contribution >= 0.6 is 23.2 Å². The fourth-order valence-corrected chi connectivity index (χ4v) is 1.70. The number of methoxy groups -OCH3 is 1. The fraction of sp³-hybridized carbons (Fsp3) is 0.286. The van der Waals surface area contributed by atoms with Crippen LogP contribution < -0.4 is 5.32 Å². The Bertz CT molecular complexity index is 515. The molecule has 0 spiro atoms. The third-order valence-electron chi connectivity index (χ3n) is 2.46. The van der Waals surface area contributed by atoms with Gasteiger partial charge in [0.2, 0.25) is 5.91 Å². The number of amides is 1. The molecule has 1 rings (SSSR count). The van der Waals surface area contributed by atoms with E-state index in [4.69, 9.17) is 23.2 Å². The molecule has 20 heavy (non-hydrogen) atoms. The molecule has 0 aromatic heterocycles. The second-order valence-corrected chi connectivity index (χ2v) is 4.79. The minimum atomic E-state index is -0.286. The van der Waals surface area contributed by atoms with Gasteiger partial charge in [0.05, 0.1) is 17.2 Å². The Morgan fingerprint density at radius 1 is 1.30 bits per heavy atom. The van der Waals surface area contributed by atoms with Crippen molar-refractivity contribution in [3.63, 3.8) is 0 Å². The number of carbonyl (C=O) groups excluding carboxylic acids is 2. The Kier molecular flexibility index (Phi) is 7.12. The van der Waals surface area contributed by atoms with E-state index in [1.807, 2.05) is 0 Å². The third-order valence-corrected chi connectivity index (χ3v) is 3.19. The zero-order valence-electron chi connectivity index (χ0n) is 11.0. The van der Waals surface area contributed by atoms with Crippen molar-refractivity contribution in [1.29, 1.82) is 0 Å². The zero-order valence-corrected chi connectivity index (χ0v) is 12.5. The number of nitrogens with one attached hydrogen (secondary N) is 1. The summed E-state index contributed by atoms with van der Waals surface area (Å²) in [5.41, 5.74) is 0.782. The Morgan fingerprint density at radius 2 is 2.05 bits per heavy atom. The van der Waals surface area contributed by atoms with Crippen molar-refractivity contribution in [3.8, 4) is 0 Å². The fourth-order valence-electron chi connectivity index (χ4n) is 1.39. The van der Waals surface area contributed by atoms with Gasteiger partial charge in [-0.1, -0.05) is 29.3 Å². The minimum absolute atomic E-state index is 0.235. The van der Waals surface area contributed by atoms with Gasteiger partial charge in [-0.15, -0.1) is 0 Å². The average molecular weight is 316 g/mol. The van der Waals surface area contributed by atoms with Crippen molar-refractivity contribution in [2.75, 3.05) is 13.7 Å². The Morgan fingerprint density at radius 3 is 2.70 bits per heavy atom. The Hall–Kier alpha value is -1.52. The van der Waals surface area contributed by atoms with E-state index in [0.717, 1.165) is 5.56 Å². The molecule has 0 aliphatic heterocycles. The van der Waals surface area contributed by atoms with Crippen molar-refractivity contribution in [1.82, 2.24) is 5.32 Å². The molecular formula is C14H15Cl2NO3. The van der Waals surface area contributed by atoms with E-state index in [2.05, 4.69) is 10.1 Å². The molecule has 1 aromatic rings. The highest BCUT2D eigenvalue weighted by molar-refractivity contribution is 6.42. The number of carbonyl (C=O) groups is 2. The molecule has 0 heterocycles. The first-order valence-corrected chi connectivity index (χ1v) is 6.76. The molecule has 0 bridgehead atoms. The Balaban J connectivity index is 2.36. The van der Waals surface area contributed by atoms with E-state index in [-0.39, 0.29) is 18.3 Å². The van der Waals surface area contributed by atoms with E-state index in [1.165, 1.54) is 13.2 Å². The van der Waals surface area contributed by atoms with Crippen LogP contribution in [0.4, 0.5) is 0 Å². The van der Waals surface area contributed by atoms with Gasteiger partial charge >= 0.3 is 5.97 Å². The number of esters is 1. The first-order valence-electron chi connectivity index (χ1n) is 6.00. The molecule has 0 unspecified atom stereocenters. The van der Waals surface area contributed by atoms with Gasteiger partial charge < -0.3 is 10.1 Å². The van der Waals surface area contributed by atoms with Gasteiger partial charge in [-0.05, 0) is 30.2 Å². The van der Waals surface area contributed by atoms with Crippen LogP contribution in [0.2, 0.25) is 10.0 Å².